The van der Waals surface area contributed by atoms with Crippen molar-refractivity contribution in [3.8, 4) is 5.75 Å². The van der Waals surface area contributed by atoms with Gasteiger partial charge in [-0.25, -0.2) is 13.9 Å². The van der Waals surface area contributed by atoms with E-state index in [2.05, 4.69) is 4.98 Å². The number of hydrogen-bond acceptors (Lipinski definition) is 6. The first-order chi connectivity index (χ1) is 14.9. The van der Waals surface area contributed by atoms with Crippen molar-refractivity contribution >= 4 is 21.6 Å². The van der Waals surface area contributed by atoms with Gasteiger partial charge in [-0.2, -0.15) is 0 Å². The molecular formula is C22H21N3O5S. The average molecular weight is 439 g/mol. The second-order valence-electron chi connectivity index (χ2n) is 7.18. The third-order valence-electron chi connectivity index (χ3n) is 5.22. The summed E-state index contributed by atoms with van der Waals surface area (Å²) >= 11 is 0. The lowest BCUT2D eigenvalue weighted by molar-refractivity contribution is -0.129. The summed E-state index contributed by atoms with van der Waals surface area (Å²) in [5.74, 6) is -0.0895. The summed E-state index contributed by atoms with van der Waals surface area (Å²) in [6.45, 7) is 2.31. The molecule has 3 aromatic rings. The number of benzene rings is 2. The maximum Gasteiger partial charge on any atom is 0.265 e. The van der Waals surface area contributed by atoms with Gasteiger partial charge in [0.05, 0.1) is 23.0 Å². The van der Waals surface area contributed by atoms with E-state index < -0.39 is 22.0 Å². The topological polar surface area (TPSA) is 109 Å². The third kappa shape index (κ3) is 3.97. The highest BCUT2D eigenvalue weighted by atomic mass is 32.2. The van der Waals surface area contributed by atoms with E-state index in [0.717, 1.165) is 11.1 Å². The molecule has 0 aliphatic carbocycles. The predicted octanol–water partition coefficient (Wildman–Crippen LogP) is 3.11. The lowest BCUT2D eigenvalue weighted by Crippen LogP contribution is -2.32. The molecule has 1 aromatic heterocycles. The van der Waals surface area contributed by atoms with Crippen LogP contribution in [0.1, 0.15) is 29.2 Å². The lowest BCUT2D eigenvalue weighted by Gasteiger charge is -2.25. The number of hydrogen-bond donors (Lipinski definition) is 2. The highest BCUT2D eigenvalue weighted by molar-refractivity contribution is 7.93. The second-order valence-corrected chi connectivity index (χ2v) is 8.96. The Bertz CT molecular complexity index is 1210. The van der Waals surface area contributed by atoms with E-state index in [1.54, 1.807) is 60.3 Å². The number of pyridine rings is 1. The largest absolute Gasteiger partial charge is 0.489 e. The van der Waals surface area contributed by atoms with Gasteiger partial charge in [-0.3, -0.25) is 19.3 Å². The summed E-state index contributed by atoms with van der Waals surface area (Å²) in [5.41, 5.74) is 4.52. The summed E-state index contributed by atoms with van der Waals surface area (Å²) in [4.78, 5) is 16.1. The summed E-state index contributed by atoms with van der Waals surface area (Å²) in [6, 6.07) is 14.3. The fraction of sp³-hybridized carbons (Fsp3) is 0.182. The van der Waals surface area contributed by atoms with Crippen LogP contribution in [0.15, 0.2) is 71.9 Å². The predicted molar refractivity (Wildman–Crippen MR) is 113 cm³/mol. The molecule has 0 spiro atoms. The molecule has 0 saturated heterocycles. The first-order valence-corrected chi connectivity index (χ1v) is 11.0. The van der Waals surface area contributed by atoms with Crippen LogP contribution < -0.4 is 14.5 Å². The zero-order chi connectivity index (χ0) is 22.0. The molecule has 4 rings (SSSR count). The van der Waals surface area contributed by atoms with Crippen LogP contribution in [0, 0.1) is 6.92 Å². The minimum atomic E-state index is -3.85. The number of hydroxylamine groups is 1. The molecular weight excluding hydrogens is 418 g/mol. The molecule has 2 aromatic carbocycles. The quantitative estimate of drug-likeness (QED) is 0.451. The Labute approximate surface area is 180 Å². The molecule has 2 N–H and O–H groups in total. The van der Waals surface area contributed by atoms with Crippen molar-refractivity contribution < 1.29 is 23.2 Å². The second kappa shape index (κ2) is 8.37. The maximum absolute atomic E-state index is 13.2. The summed E-state index contributed by atoms with van der Waals surface area (Å²) < 4.78 is 33.4. The van der Waals surface area contributed by atoms with Crippen molar-refractivity contribution in [3.05, 3.63) is 83.7 Å². The number of nitrogens with one attached hydrogen (secondary N) is 1. The Hall–Kier alpha value is -3.43. The standard InChI is InChI=1S/C22H21N3O5S/c1-15-13-23-11-10-16(15)14-30-18-8-6-17(7-9-18)25-20(12-22(26)24-27)19-4-2-3-5-21(19)31(25,28)29/h2-11,13,20,27H,12,14H2,1H3,(H,24,26). The number of fused-ring (bicyclic) bond motifs is 1. The Kier molecular flexibility index (Phi) is 5.62. The Morgan fingerprint density at radius 2 is 1.90 bits per heavy atom. The van der Waals surface area contributed by atoms with Crippen LogP contribution >= 0.6 is 0 Å². The van der Waals surface area contributed by atoms with E-state index in [0.29, 0.717) is 23.6 Å². The summed E-state index contributed by atoms with van der Waals surface area (Å²) in [7, 11) is -3.85. The Balaban J connectivity index is 1.61. The minimum absolute atomic E-state index is 0.152. The Morgan fingerprint density at radius 1 is 1.16 bits per heavy atom. The first-order valence-electron chi connectivity index (χ1n) is 9.60. The molecule has 1 atom stereocenters. The maximum atomic E-state index is 13.2. The van der Waals surface area contributed by atoms with Gasteiger partial charge in [0.1, 0.15) is 12.4 Å². The van der Waals surface area contributed by atoms with Gasteiger partial charge in [0.15, 0.2) is 0 Å². The normalized spacial score (nSPS) is 16.6. The fourth-order valence-electron chi connectivity index (χ4n) is 3.64. The molecule has 2 heterocycles. The number of carbonyl (C=O) groups is 1. The van der Waals surface area contributed by atoms with E-state index >= 15 is 0 Å². The molecule has 9 heteroatoms. The van der Waals surface area contributed by atoms with Crippen LogP contribution in [0.2, 0.25) is 0 Å². The Morgan fingerprint density at radius 3 is 2.61 bits per heavy atom. The lowest BCUT2D eigenvalue weighted by atomic mass is 10.0. The van der Waals surface area contributed by atoms with Gasteiger partial charge in [-0.05, 0) is 60.0 Å². The van der Waals surface area contributed by atoms with Crippen molar-refractivity contribution in [1.82, 2.24) is 10.5 Å². The molecule has 1 amide bonds. The molecule has 0 saturated carbocycles. The number of sulfonamides is 1. The van der Waals surface area contributed by atoms with Crippen molar-refractivity contribution in [3.63, 3.8) is 0 Å². The van der Waals surface area contributed by atoms with Crippen LogP contribution in [-0.4, -0.2) is 24.5 Å². The summed E-state index contributed by atoms with van der Waals surface area (Å²) in [5, 5.41) is 8.95. The van der Waals surface area contributed by atoms with Gasteiger partial charge < -0.3 is 4.74 Å². The van der Waals surface area contributed by atoms with E-state index in [9.17, 15) is 13.2 Å². The minimum Gasteiger partial charge on any atom is -0.489 e. The average Bonchev–Trinajstić information content (AvgIpc) is 3.00. The van der Waals surface area contributed by atoms with Crippen LogP contribution in [0.25, 0.3) is 0 Å². The molecule has 0 radical (unpaired) electrons. The van der Waals surface area contributed by atoms with Crippen LogP contribution in [0.3, 0.4) is 0 Å². The van der Waals surface area contributed by atoms with E-state index in [-0.39, 0.29) is 11.3 Å². The summed E-state index contributed by atoms with van der Waals surface area (Å²) in [6.07, 6.45) is 3.25. The van der Waals surface area contributed by atoms with Gasteiger partial charge in [0, 0.05) is 12.4 Å². The molecule has 31 heavy (non-hydrogen) atoms. The molecule has 8 nitrogen and oxygen atoms in total. The van der Waals surface area contributed by atoms with Crippen LogP contribution in [-0.2, 0) is 21.4 Å². The van der Waals surface area contributed by atoms with Crippen molar-refractivity contribution in [2.45, 2.75) is 30.9 Å². The molecule has 160 valence electrons. The van der Waals surface area contributed by atoms with Gasteiger partial charge in [-0.1, -0.05) is 18.2 Å². The van der Waals surface area contributed by atoms with Gasteiger partial charge in [0.2, 0.25) is 5.91 Å². The zero-order valence-electron chi connectivity index (χ0n) is 16.7. The zero-order valence-corrected chi connectivity index (χ0v) is 17.5. The third-order valence-corrected chi connectivity index (χ3v) is 7.13. The number of carbonyl (C=O) groups excluding carboxylic acids is 1. The van der Waals surface area contributed by atoms with E-state index in [1.807, 2.05) is 13.0 Å². The number of aromatic nitrogens is 1. The van der Waals surface area contributed by atoms with Crippen molar-refractivity contribution in [2.75, 3.05) is 4.31 Å². The molecule has 0 fully saturated rings. The number of aryl methyl sites for hydroxylation is 1. The van der Waals surface area contributed by atoms with Crippen LogP contribution in [0.4, 0.5) is 5.69 Å². The van der Waals surface area contributed by atoms with Gasteiger partial charge in [0.25, 0.3) is 10.0 Å². The molecule has 1 aliphatic rings. The number of nitrogens with zero attached hydrogens (tertiary/aromatic N) is 2. The number of ether oxygens (including phenoxy) is 1. The highest BCUT2D eigenvalue weighted by Crippen LogP contribution is 2.44. The first kappa shape index (κ1) is 20.8. The molecule has 1 aliphatic heterocycles. The van der Waals surface area contributed by atoms with Gasteiger partial charge in [-0.15, -0.1) is 0 Å². The highest BCUT2D eigenvalue weighted by Gasteiger charge is 2.43. The van der Waals surface area contributed by atoms with E-state index in [4.69, 9.17) is 9.94 Å². The SMILES string of the molecule is Cc1cnccc1COc1ccc(N2C(CC(=O)NO)c3ccccc3S2(=O)=O)cc1. The molecule has 1 unspecified atom stereocenters. The van der Waals surface area contributed by atoms with Crippen molar-refractivity contribution in [2.24, 2.45) is 0 Å². The van der Waals surface area contributed by atoms with E-state index in [1.165, 1.54) is 10.4 Å². The smallest absolute Gasteiger partial charge is 0.265 e. The number of anilines is 1. The fourth-order valence-corrected chi connectivity index (χ4v) is 5.52. The van der Waals surface area contributed by atoms with Crippen LogP contribution in [0.5, 0.6) is 5.75 Å². The monoisotopic (exact) mass is 439 g/mol. The molecule has 0 bridgehead atoms. The number of amides is 1. The van der Waals surface area contributed by atoms with Gasteiger partial charge >= 0.3 is 0 Å². The van der Waals surface area contributed by atoms with Crippen molar-refractivity contribution in [1.29, 1.82) is 0 Å². The number of rotatable bonds is 6.